The Morgan fingerprint density at radius 3 is 2.50 bits per heavy atom. The van der Waals surface area contributed by atoms with Gasteiger partial charge in [0.05, 0.1) is 10.6 Å². The summed E-state index contributed by atoms with van der Waals surface area (Å²) in [5.41, 5.74) is 5.76. The molecular weight excluding hydrogens is 306 g/mol. The second-order valence-corrected chi connectivity index (χ2v) is 6.18. The lowest BCUT2D eigenvalue weighted by atomic mass is 10.2. The summed E-state index contributed by atoms with van der Waals surface area (Å²) >= 11 is 5.95. The Hall–Kier alpha value is -1.95. The van der Waals surface area contributed by atoms with Crippen LogP contribution in [0.2, 0.25) is 5.02 Å². The molecule has 6 nitrogen and oxygen atoms in total. The van der Waals surface area contributed by atoms with Gasteiger partial charge in [-0.1, -0.05) is 11.6 Å². The highest BCUT2D eigenvalue weighted by Gasteiger charge is 2.15. The van der Waals surface area contributed by atoms with E-state index in [1.54, 1.807) is 18.2 Å². The minimum absolute atomic E-state index is 0.291. The molecule has 1 aromatic rings. The molecule has 0 aliphatic heterocycles. The average Bonchev–Trinajstić information content (AvgIpc) is 2.35. The number of carbonyl (C=O) groups excluding carboxylic acids is 2. The molecule has 0 atom stereocenters. The van der Waals surface area contributed by atoms with E-state index in [-0.39, 0.29) is 0 Å². The lowest BCUT2D eigenvalue weighted by Crippen LogP contribution is -2.33. The number of benzene rings is 1. The van der Waals surface area contributed by atoms with Gasteiger partial charge < -0.3 is 21.1 Å². The highest BCUT2D eigenvalue weighted by atomic mass is 35.5. The van der Waals surface area contributed by atoms with Crippen molar-refractivity contribution < 1.29 is 14.3 Å². The average molecular weight is 328 g/mol. The first-order valence-electron chi connectivity index (χ1n) is 6.99. The predicted molar refractivity (Wildman–Crippen MR) is 87.3 cm³/mol. The summed E-state index contributed by atoms with van der Waals surface area (Å²) in [4.78, 5) is 22.5. The van der Waals surface area contributed by atoms with Crippen molar-refractivity contribution in [3.05, 3.63) is 28.8 Å². The SMILES string of the molecule is CC(C)(C)OC(=O)NCCCNc1ccc(C(N)=O)c(Cl)c1. The Bertz CT molecular complexity index is 541. The Morgan fingerprint density at radius 1 is 1.27 bits per heavy atom. The maximum Gasteiger partial charge on any atom is 0.407 e. The number of hydrogen-bond donors (Lipinski definition) is 3. The molecule has 1 aromatic carbocycles. The van der Waals surface area contributed by atoms with Crippen LogP contribution in [0.1, 0.15) is 37.6 Å². The fraction of sp³-hybridized carbons (Fsp3) is 0.467. The number of anilines is 1. The molecule has 22 heavy (non-hydrogen) atoms. The van der Waals surface area contributed by atoms with Gasteiger partial charge in [-0.2, -0.15) is 0 Å². The van der Waals surface area contributed by atoms with Crippen LogP contribution in [0, 0.1) is 0 Å². The molecule has 0 bridgehead atoms. The van der Waals surface area contributed by atoms with Gasteiger partial charge in [-0.25, -0.2) is 4.79 Å². The van der Waals surface area contributed by atoms with Crippen LogP contribution in [0.25, 0.3) is 0 Å². The van der Waals surface area contributed by atoms with Crippen molar-refractivity contribution in [1.29, 1.82) is 0 Å². The predicted octanol–water partition coefficient (Wildman–Crippen LogP) is 2.77. The van der Waals surface area contributed by atoms with Crippen molar-refractivity contribution >= 4 is 29.3 Å². The fourth-order valence-electron chi connectivity index (χ4n) is 1.65. The number of hydrogen-bond acceptors (Lipinski definition) is 4. The molecule has 0 saturated heterocycles. The van der Waals surface area contributed by atoms with Crippen LogP contribution in [0.5, 0.6) is 0 Å². The number of carbonyl (C=O) groups is 2. The third-order valence-electron chi connectivity index (χ3n) is 2.59. The smallest absolute Gasteiger partial charge is 0.407 e. The molecule has 0 aliphatic carbocycles. The van der Waals surface area contributed by atoms with E-state index in [2.05, 4.69) is 10.6 Å². The molecule has 0 heterocycles. The van der Waals surface area contributed by atoms with Crippen molar-refractivity contribution in [2.24, 2.45) is 5.73 Å². The van der Waals surface area contributed by atoms with Gasteiger partial charge in [-0.3, -0.25) is 4.79 Å². The van der Waals surface area contributed by atoms with E-state index in [1.165, 1.54) is 0 Å². The molecule has 0 aromatic heterocycles. The highest BCUT2D eigenvalue weighted by Crippen LogP contribution is 2.20. The molecular formula is C15H22ClN3O3. The van der Waals surface area contributed by atoms with Crippen LogP contribution in [-0.4, -0.2) is 30.7 Å². The summed E-state index contributed by atoms with van der Waals surface area (Å²) < 4.78 is 5.12. The molecule has 4 N–H and O–H groups in total. The fourth-order valence-corrected chi connectivity index (χ4v) is 1.92. The molecule has 0 fully saturated rings. The highest BCUT2D eigenvalue weighted by molar-refractivity contribution is 6.34. The normalized spacial score (nSPS) is 10.9. The summed E-state index contributed by atoms with van der Waals surface area (Å²) in [6, 6.07) is 4.95. The van der Waals surface area contributed by atoms with Gasteiger partial charge in [0.1, 0.15) is 5.60 Å². The third-order valence-corrected chi connectivity index (χ3v) is 2.90. The first-order chi connectivity index (χ1) is 10.2. The summed E-state index contributed by atoms with van der Waals surface area (Å²) in [6.45, 7) is 6.58. The molecule has 0 unspecified atom stereocenters. The van der Waals surface area contributed by atoms with Gasteiger partial charge in [0.2, 0.25) is 5.91 Å². The second-order valence-electron chi connectivity index (χ2n) is 5.77. The van der Waals surface area contributed by atoms with E-state index in [1.807, 2.05) is 20.8 Å². The van der Waals surface area contributed by atoms with Crippen molar-refractivity contribution in [1.82, 2.24) is 5.32 Å². The number of nitrogens with one attached hydrogen (secondary N) is 2. The molecule has 0 radical (unpaired) electrons. The van der Waals surface area contributed by atoms with Gasteiger partial charge >= 0.3 is 6.09 Å². The Kier molecular flexibility index (Phi) is 6.49. The number of halogens is 1. The topological polar surface area (TPSA) is 93.4 Å². The first kappa shape index (κ1) is 18.1. The number of rotatable bonds is 6. The minimum atomic E-state index is -0.557. The Balaban J connectivity index is 2.29. The molecule has 2 amide bonds. The van der Waals surface area contributed by atoms with Gasteiger partial charge in [0.15, 0.2) is 0 Å². The number of nitrogens with two attached hydrogens (primary N) is 1. The number of amides is 2. The zero-order valence-corrected chi connectivity index (χ0v) is 13.8. The van der Waals surface area contributed by atoms with Crippen LogP contribution >= 0.6 is 11.6 Å². The molecule has 1 rings (SSSR count). The summed E-state index contributed by atoms with van der Waals surface area (Å²) in [5, 5.41) is 6.13. The van der Waals surface area contributed by atoms with E-state index in [4.69, 9.17) is 22.1 Å². The number of ether oxygens (including phenoxy) is 1. The zero-order chi connectivity index (χ0) is 16.8. The summed E-state index contributed by atoms with van der Waals surface area (Å²) in [6.07, 6.45) is 0.287. The van der Waals surface area contributed by atoms with Gasteiger partial charge in [0, 0.05) is 18.8 Å². The molecule has 122 valence electrons. The van der Waals surface area contributed by atoms with Crippen LogP contribution in [-0.2, 0) is 4.74 Å². The minimum Gasteiger partial charge on any atom is -0.444 e. The number of primary amides is 1. The number of alkyl carbamates (subject to hydrolysis) is 1. The van der Waals surface area contributed by atoms with Crippen LogP contribution < -0.4 is 16.4 Å². The quantitative estimate of drug-likeness (QED) is 0.700. The van der Waals surface area contributed by atoms with E-state index < -0.39 is 17.6 Å². The molecule has 0 aliphatic rings. The second kappa shape index (κ2) is 7.89. The Labute approximate surface area is 135 Å². The van der Waals surface area contributed by atoms with Gasteiger partial charge in [-0.05, 0) is 45.4 Å². The molecule has 7 heteroatoms. The van der Waals surface area contributed by atoms with E-state index in [9.17, 15) is 9.59 Å². The third kappa shape index (κ3) is 6.67. The maximum absolute atomic E-state index is 11.4. The van der Waals surface area contributed by atoms with Crippen LogP contribution in [0.3, 0.4) is 0 Å². The monoisotopic (exact) mass is 327 g/mol. The van der Waals surface area contributed by atoms with Gasteiger partial charge in [-0.15, -0.1) is 0 Å². The van der Waals surface area contributed by atoms with Gasteiger partial charge in [0.25, 0.3) is 0 Å². The van der Waals surface area contributed by atoms with Crippen molar-refractivity contribution in [2.45, 2.75) is 32.8 Å². The van der Waals surface area contributed by atoms with Crippen LogP contribution in [0.4, 0.5) is 10.5 Å². The zero-order valence-electron chi connectivity index (χ0n) is 13.0. The van der Waals surface area contributed by atoms with E-state index in [0.29, 0.717) is 30.1 Å². The van der Waals surface area contributed by atoms with Crippen molar-refractivity contribution in [3.63, 3.8) is 0 Å². The largest absolute Gasteiger partial charge is 0.444 e. The van der Waals surface area contributed by atoms with Crippen molar-refractivity contribution in [2.75, 3.05) is 18.4 Å². The summed E-state index contributed by atoms with van der Waals surface area (Å²) in [7, 11) is 0. The maximum atomic E-state index is 11.4. The lowest BCUT2D eigenvalue weighted by molar-refractivity contribution is 0.0527. The first-order valence-corrected chi connectivity index (χ1v) is 7.37. The molecule has 0 saturated carbocycles. The van der Waals surface area contributed by atoms with Crippen LogP contribution in [0.15, 0.2) is 18.2 Å². The summed E-state index contributed by atoms with van der Waals surface area (Å²) in [5.74, 6) is -0.557. The van der Waals surface area contributed by atoms with Crippen molar-refractivity contribution in [3.8, 4) is 0 Å². The van der Waals surface area contributed by atoms with E-state index >= 15 is 0 Å². The molecule has 0 spiro atoms. The Morgan fingerprint density at radius 2 is 1.95 bits per heavy atom. The van der Waals surface area contributed by atoms with E-state index in [0.717, 1.165) is 5.69 Å². The lowest BCUT2D eigenvalue weighted by Gasteiger charge is -2.19. The standard InChI is InChI=1S/C15H22ClN3O3/c1-15(2,3)22-14(21)19-8-4-7-18-10-5-6-11(13(17)20)12(16)9-10/h5-6,9,18H,4,7-8H2,1-3H3,(H2,17,20)(H,19,21).